The van der Waals surface area contributed by atoms with Gasteiger partial charge >= 0.3 is 0 Å². The lowest BCUT2D eigenvalue weighted by Crippen LogP contribution is -2.43. The zero-order valence-corrected chi connectivity index (χ0v) is 16.1. The number of rotatable bonds is 6. The van der Waals surface area contributed by atoms with Crippen LogP contribution >= 0.6 is 11.3 Å². The Balaban J connectivity index is 1.51. The third-order valence-corrected chi connectivity index (χ3v) is 7.78. The average molecular weight is 383 g/mol. The molecule has 1 saturated heterocycles. The molecule has 3 rings (SSSR count). The number of sulfonamides is 1. The molecule has 0 spiro atoms. The van der Waals surface area contributed by atoms with Crippen LogP contribution in [0.4, 0.5) is 0 Å². The van der Waals surface area contributed by atoms with E-state index in [4.69, 9.17) is 0 Å². The molecular formula is C18H26N2O3S2. The molecule has 1 atom stereocenters. The van der Waals surface area contributed by atoms with E-state index in [0.717, 1.165) is 32.2 Å². The third kappa shape index (κ3) is 5.15. The summed E-state index contributed by atoms with van der Waals surface area (Å²) in [6, 6.07) is 3.35. The van der Waals surface area contributed by atoms with Crippen molar-refractivity contribution in [3.05, 3.63) is 29.2 Å². The van der Waals surface area contributed by atoms with Gasteiger partial charge in [0.25, 0.3) is 0 Å². The summed E-state index contributed by atoms with van der Waals surface area (Å²) in [6.45, 7) is 1.84. The van der Waals surface area contributed by atoms with Gasteiger partial charge in [0.1, 0.15) is 4.21 Å². The summed E-state index contributed by atoms with van der Waals surface area (Å²) >= 11 is 1.22. The van der Waals surface area contributed by atoms with E-state index in [1.54, 1.807) is 17.5 Å². The lowest BCUT2D eigenvalue weighted by Gasteiger charge is -2.33. The van der Waals surface area contributed by atoms with Gasteiger partial charge in [-0.15, -0.1) is 11.3 Å². The lowest BCUT2D eigenvalue weighted by atomic mass is 9.95. The number of allylic oxidation sites excluding steroid dienone is 1. The summed E-state index contributed by atoms with van der Waals surface area (Å²) in [5.41, 5.74) is 1.27. The Morgan fingerprint density at radius 3 is 2.92 bits per heavy atom. The summed E-state index contributed by atoms with van der Waals surface area (Å²) < 4.78 is 27.5. The number of thiophene rings is 1. The minimum Gasteiger partial charge on any atom is -0.342 e. The fraction of sp³-hybridized carbons (Fsp3) is 0.611. The summed E-state index contributed by atoms with van der Waals surface area (Å²) in [6.07, 6.45) is 9.21. The molecule has 0 bridgehead atoms. The average Bonchev–Trinajstić information content (AvgIpc) is 3.17. The number of likely N-dealkylation sites (tertiary alicyclic amines) is 1. The summed E-state index contributed by atoms with van der Waals surface area (Å²) in [4.78, 5) is 14.5. The van der Waals surface area contributed by atoms with Crippen molar-refractivity contribution in [2.75, 3.05) is 19.6 Å². The summed E-state index contributed by atoms with van der Waals surface area (Å²) in [7, 11) is -3.42. The molecule has 1 aromatic rings. The summed E-state index contributed by atoms with van der Waals surface area (Å²) in [5.74, 6) is 0.381. The molecule has 7 heteroatoms. The normalized spacial score (nSPS) is 21.8. The van der Waals surface area contributed by atoms with E-state index in [-0.39, 0.29) is 11.8 Å². The number of carbonyl (C=O) groups excluding carboxylic acids is 1. The molecule has 0 saturated carbocycles. The molecule has 1 fully saturated rings. The van der Waals surface area contributed by atoms with Gasteiger partial charge in [-0.2, -0.15) is 0 Å². The van der Waals surface area contributed by atoms with Crippen LogP contribution in [0.5, 0.6) is 0 Å². The number of amides is 1. The molecule has 2 heterocycles. The maximum atomic E-state index is 12.5. The number of hydrogen-bond acceptors (Lipinski definition) is 4. The zero-order chi connectivity index (χ0) is 17.7. The van der Waals surface area contributed by atoms with Gasteiger partial charge in [-0.05, 0) is 55.9 Å². The first-order valence-corrected chi connectivity index (χ1v) is 11.4. The molecule has 5 nitrogen and oxygen atoms in total. The molecule has 2 aliphatic rings. The Labute approximate surface area is 154 Å². The lowest BCUT2D eigenvalue weighted by molar-refractivity contribution is -0.132. The monoisotopic (exact) mass is 382 g/mol. The van der Waals surface area contributed by atoms with Crippen LogP contribution in [0.25, 0.3) is 0 Å². The fourth-order valence-electron chi connectivity index (χ4n) is 3.54. The second kappa shape index (κ2) is 8.47. The van der Waals surface area contributed by atoms with E-state index in [9.17, 15) is 13.2 Å². The predicted molar refractivity (Wildman–Crippen MR) is 100.0 cm³/mol. The van der Waals surface area contributed by atoms with Crippen molar-refractivity contribution < 1.29 is 13.2 Å². The van der Waals surface area contributed by atoms with E-state index in [1.807, 2.05) is 4.90 Å². The van der Waals surface area contributed by atoms with Crippen molar-refractivity contribution in [2.24, 2.45) is 5.92 Å². The van der Waals surface area contributed by atoms with Crippen LogP contribution in [0.3, 0.4) is 0 Å². The number of hydrogen-bond donors (Lipinski definition) is 1. The number of piperidine rings is 1. The standard InChI is InChI=1S/C18H26N2O3S2/c21-17(12-15-6-2-1-3-7-15)20-10-4-8-16(14-20)13-19-25(22,23)18-9-5-11-24-18/h5-6,9,11,16,19H,1-4,7-8,10,12-14H2/t16-/m1/s1. The van der Waals surface area contributed by atoms with E-state index >= 15 is 0 Å². The number of nitrogens with one attached hydrogen (secondary N) is 1. The van der Waals surface area contributed by atoms with Gasteiger partial charge in [-0.3, -0.25) is 4.79 Å². The molecule has 1 amide bonds. The Kier molecular flexibility index (Phi) is 6.30. The highest BCUT2D eigenvalue weighted by Crippen LogP contribution is 2.23. The molecule has 1 aromatic heterocycles. The van der Waals surface area contributed by atoms with E-state index in [1.165, 1.54) is 29.8 Å². The van der Waals surface area contributed by atoms with Gasteiger partial charge in [-0.25, -0.2) is 13.1 Å². The largest absolute Gasteiger partial charge is 0.342 e. The predicted octanol–water partition coefficient (Wildman–Crippen LogP) is 3.16. The maximum absolute atomic E-state index is 12.5. The number of carbonyl (C=O) groups is 1. The molecule has 1 aliphatic heterocycles. The minimum atomic E-state index is -3.42. The highest BCUT2D eigenvalue weighted by Gasteiger charge is 2.26. The smallest absolute Gasteiger partial charge is 0.250 e. The van der Waals surface area contributed by atoms with Crippen molar-refractivity contribution >= 4 is 27.3 Å². The molecule has 138 valence electrons. The zero-order valence-electron chi connectivity index (χ0n) is 14.4. The molecule has 0 radical (unpaired) electrons. The van der Waals surface area contributed by atoms with Gasteiger partial charge in [0.15, 0.2) is 0 Å². The van der Waals surface area contributed by atoms with E-state index < -0.39 is 10.0 Å². The quantitative estimate of drug-likeness (QED) is 0.769. The topological polar surface area (TPSA) is 66.5 Å². The fourth-order valence-corrected chi connectivity index (χ4v) is 5.70. The first-order chi connectivity index (χ1) is 12.0. The molecule has 1 N–H and O–H groups in total. The first kappa shape index (κ1) is 18.6. The second-order valence-electron chi connectivity index (χ2n) is 6.92. The van der Waals surface area contributed by atoms with Gasteiger partial charge in [0.2, 0.25) is 15.9 Å². The van der Waals surface area contributed by atoms with Crippen LogP contribution in [0.1, 0.15) is 44.9 Å². The van der Waals surface area contributed by atoms with Gasteiger partial charge < -0.3 is 4.90 Å². The summed E-state index contributed by atoms with van der Waals surface area (Å²) in [5, 5.41) is 1.76. The highest BCUT2D eigenvalue weighted by atomic mass is 32.2. The SMILES string of the molecule is O=C(CC1=CCCCC1)N1CCC[C@H](CNS(=O)(=O)c2cccs2)C1. The van der Waals surface area contributed by atoms with Crippen molar-refractivity contribution in [1.29, 1.82) is 0 Å². The van der Waals surface area contributed by atoms with Gasteiger partial charge in [0.05, 0.1) is 0 Å². The van der Waals surface area contributed by atoms with Crippen LogP contribution in [0.15, 0.2) is 33.4 Å². The van der Waals surface area contributed by atoms with Crippen LogP contribution < -0.4 is 4.72 Å². The Hall–Kier alpha value is -1.18. The third-order valence-electron chi connectivity index (χ3n) is 4.96. The number of nitrogens with zero attached hydrogens (tertiary/aromatic N) is 1. The van der Waals surface area contributed by atoms with Crippen molar-refractivity contribution in [3.8, 4) is 0 Å². The Bertz CT molecular complexity index is 711. The van der Waals surface area contributed by atoms with Gasteiger partial charge in [-0.1, -0.05) is 17.7 Å². The van der Waals surface area contributed by atoms with Crippen molar-refractivity contribution in [2.45, 2.75) is 49.2 Å². The Morgan fingerprint density at radius 2 is 2.20 bits per heavy atom. The van der Waals surface area contributed by atoms with Crippen LogP contribution in [0.2, 0.25) is 0 Å². The first-order valence-electron chi connectivity index (χ1n) is 9.03. The van der Waals surface area contributed by atoms with Crippen LogP contribution in [0, 0.1) is 5.92 Å². The molecule has 0 aromatic carbocycles. The highest BCUT2D eigenvalue weighted by molar-refractivity contribution is 7.91. The Morgan fingerprint density at radius 1 is 1.32 bits per heavy atom. The van der Waals surface area contributed by atoms with Crippen molar-refractivity contribution in [3.63, 3.8) is 0 Å². The second-order valence-corrected chi connectivity index (χ2v) is 9.86. The van der Waals surface area contributed by atoms with Crippen LogP contribution in [-0.2, 0) is 14.8 Å². The molecular weight excluding hydrogens is 356 g/mol. The van der Waals surface area contributed by atoms with E-state index in [2.05, 4.69) is 10.8 Å². The molecule has 25 heavy (non-hydrogen) atoms. The molecule has 0 unspecified atom stereocenters. The van der Waals surface area contributed by atoms with E-state index in [0.29, 0.717) is 23.7 Å². The maximum Gasteiger partial charge on any atom is 0.250 e. The molecule has 1 aliphatic carbocycles. The van der Waals surface area contributed by atoms with Crippen molar-refractivity contribution in [1.82, 2.24) is 9.62 Å². The van der Waals surface area contributed by atoms with Gasteiger partial charge in [0, 0.05) is 26.1 Å². The van der Waals surface area contributed by atoms with Crippen LogP contribution in [-0.4, -0.2) is 38.9 Å². The minimum absolute atomic E-state index is 0.188.